The molecule has 2 aromatic rings. The van der Waals surface area contributed by atoms with E-state index in [0.29, 0.717) is 11.3 Å². The van der Waals surface area contributed by atoms with Crippen molar-refractivity contribution >= 4 is 10.9 Å². The molecule has 1 aromatic heterocycles. The van der Waals surface area contributed by atoms with Crippen LogP contribution in [-0.4, -0.2) is 29.3 Å². The molecule has 0 spiro atoms. The Morgan fingerprint density at radius 2 is 1.90 bits per heavy atom. The number of aliphatic hydroxyl groups excluding tert-OH is 1. The predicted molar refractivity (Wildman–Crippen MR) is 83.8 cm³/mol. The quantitative estimate of drug-likeness (QED) is 0.787. The Morgan fingerprint density at radius 1 is 1.19 bits per heavy atom. The molecule has 2 atom stereocenters. The molecule has 0 aliphatic heterocycles. The van der Waals surface area contributed by atoms with Crippen LogP contribution in [0.5, 0.6) is 5.75 Å². The van der Waals surface area contributed by atoms with Crippen LogP contribution in [0.25, 0.3) is 10.9 Å². The molecule has 1 aromatic carbocycles. The minimum atomic E-state index is -0.674. The average Bonchev–Trinajstić information content (AvgIpc) is 2.44. The Morgan fingerprint density at radius 3 is 2.52 bits per heavy atom. The summed E-state index contributed by atoms with van der Waals surface area (Å²) in [6.07, 6.45) is -0.674. The van der Waals surface area contributed by atoms with Gasteiger partial charge in [-0.1, -0.05) is 19.9 Å². The third-order valence-corrected chi connectivity index (χ3v) is 3.50. The van der Waals surface area contributed by atoms with E-state index in [1.165, 1.54) is 6.07 Å². The van der Waals surface area contributed by atoms with Gasteiger partial charge < -0.3 is 20.1 Å². The maximum absolute atomic E-state index is 11.5. The minimum absolute atomic E-state index is 0.103. The van der Waals surface area contributed by atoms with Crippen LogP contribution in [0.15, 0.2) is 29.1 Å². The predicted octanol–water partition coefficient (Wildman–Crippen LogP) is 1.96. The van der Waals surface area contributed by atoms with Crippen molar-refractivity contribution in [3.63, 3.8) is 0 Å². The molecule has 0 amide bonds. The molecule has 0 saturated heterocycles. The highest BCUT2D eigenvalue weighted by molar-refractivity contribution is 5.87. The first-order valence-corrected chi connectivity index (χ1v) is 7.08. The Bertz CT molecular complexity index is 679. The SMILES string of the molecule is COc1ccc(C(O)C(C)NC(C)C)c2ccc(=O)[nH]c12. The second kappa shape index (κ2) is 6.28. The van der Waals surface area contributed by atoms with Crippen LogP contribution in [-0.2, 0) is 0 Å². The minimum Gasteiger partial charge on any atom is -0.495 e. The average molecular weight is 290 g/mol. The van der Waals surface area contributed by atoms with Crippen LogP contribution in [0.1, 0.15) is 32.4 Å². The second-order valence-electron chi connectivity index (χ2n) is 5.52. The normalized spacial score (nSPS) is 14.4. The van der Waals surface area contributed by atoms with E-state index in [4.69, 9.17) is 4.74 Å². The summed E-state index contributed by atoms with van der Waals surface area (Å²) < 4.78 is 5.27. The third kappa shape index (κ3) is 3.25. The molecule has 1 heterocycles. The second-order valence-corrected chi connectivity index (χ2v) is 5.52. The Labute approximate surface area is 124 Å². The van der Waals surface area contributed by atoms with Crippen molar-refractivity contribution in [2.45, 2.75) is 39.0 Å². The molecular weight excluding hydrogens is 268 g/mol. The van der Waals surface area contributed by atoms with Crippen molar-refractivity contribution in [3.05, 3.63) is 40.2 Å². The Balaban J connectivity index is 2.52. The van der Waals surface area contributed by atoms with Gasteiger partial charge in [0.25, 0.3) is 0 Å². The highest BCUT2D eigenvalue weighted by atomic mass is 16.5. The van der Waals surface area contributed by atoms with Gasteiger partial charge in [-0.15, -0.1) is 0 Å². The number of aromatic nitrogens is 1. The molecule has 0 bridgehead atoms. The van der Waals surface area contributed by atoms with Gasteiger partial charge in [0.2, 0.25) is 5.56 Å². The molecular formula is C16H22N2O3. The lowest BCUT2D eigenvalue weighted by molar-refractivity contribution is 0.133. The largest absolute Gasteiger partial charge is 0.495 e. The van der Waals surface area contributed by atoms with E-state index >= 15 is 0 Å². The lowest BCUT2D eigenvalue weighted by Gasteiger charge is -2.24. The molecule has 0 saturated carbocycles. The lowest BCUT2D eigenvalue weighted by atomic mass is 9.98. The molecule has 2 unspecified atom stereocenters. The molecule has 114 valence electrons. The number of hydrogen-bond acceptors (Lipinski definition) is 4. The molecule has 0 aliphatic rings. The van der Waals surface area contributed by atoms with Crippen LogP contribution < -0.4 is 15.6 Å². The lowest BCUT2D eigenvalue weighted by Crippen LogP contribution is -2.37. The van der Waals surface area contributed by atoms with Gasteiger partial charge in [-0.3, -0.25) is 4.79 Å². The van der Waals surface area contributed by atoms with Crippen LogP contribution in [0.3, 0.4) is 0 Å². The smallest absolute Gasteiger partial charge is 0.248 e. The van der Waals surface area contributed by atoms with Gasteiger partial charge in [-0.25, -0.2) is 0 Å². The van der Waals surface area contributed by atoms with E-state index in [9.17, 15) is 9.90 Å². The van der Waals surface area contributed by atoms with E-state index in [2.05, 4.69) is 10.3 Å². The molecule has 5 heteroatoms. The number of hydrogen-bond donors (Lipinski definition) is 3. The van der Waals surface area contributed by atoms with E-state index in [0.717, 1.165) is 10.9 Å². The van der Waals surface area contributed by atoms with Crippen molar-refractivity contribution in [3.8, 4) is 5.75 Å². The fourth-order valence-electron chi connectivity index (χ4n) is 2.56. The van der Waals surface area contributed by atoms with Gasteiger partial charge in [0.05, 0.1) is 18.7 Å². The standard InChI is InChI=1S/C16H22N2O3/c1-9(2)17-10(3)16(20)12-5-7-13(21-4)15-11(12)6-8-14(19)18-15/h5-10,16-17,20H,1-4H3,(H,18,19). The molecule has 21 heavy (non-hydrogen) atoms. The summed E-state index contributed by atoms with van der Waals surface area (Å²) in [6.45, 7) is 6.01. The van der Waals surface area contributed by atoms with Gasteiger partial charge >= 0.3 is 0 Å². The number of fused-ring (bicyclic) bond motifs is 1. The fraction of sp³-hybridized carbons (Fsp3) is 0.438. The summed E-state index contributed by atoms with van der Waals surface area (Å²) in [5.74, 6) is 0.586. The molecule has 0 fully saturated rings. The zero-order valence-electron chi connectivity index (χ0n) is 12.8. The number of aliphatic hydroxyl groups is 1. The molecule has 3 N–H and O–H groups in total. The summed E-state index contributed by atoms with van der Waals surface area (Å²) in [5.41, 5.74) is 1.18. The van der Waals surface area contributed by atoms with Crippen LogP contribution in [0.2, 0.25) is 0 Å². The summed E-state index contributed by atoms with van der Waals surface area (Å²) >= 11 is 0. The van der Waals surface area contributed by atoms with Crippen molar-refractivity contribution in [1.29, 1.82) is 0 Å². The van der Waals surface area contributed by atoms with E-state index in [-0.39, 0.29) is 17.6 Å². The Kier molecular flexibility index (Phi) is 4.65. The van der Waals surface area contributed by atoms with Crippen molar-refractivity contribution < 1.29 is 9.84 Å². The third-order valence-electron chi connectivity index (χ3n) is 3.50. The number of aromatic amines is 1. The highest BCUT2D eigenvalue weighted by Gasteiger charge is 2.20. The van der Waals surface area contributed by atoms with Gasteiger partial charge in [0.1, 0.15) is 5.75 Å². The molecule has 5 nitrogen and oxygen atoms in total. The zero-order valence-corrected chi connectivity index (χ0v) is 12.8. The van der Waals surface area contributed by atoms with E-state index < -0.39 is 6.10 Å². The summed E-state index contributed by atoms with van der Waals surface area (Å²) in [6, 6.07) is 6.95. The summed E-state index contributed by atoms with van der Waals surface area (Å²) in [5, 5.41) is 14.7. The topological polar surface area (TPSA) is 74.3 Å². The van der Waals surface area contributed by atoms with Crippen LogP contribution in [0.4, 0.5) is 0 Å². The zero-order chi connectivity index (χ0) is 15.6. The van der Waals surface area contributed by atoms with E-state index in [1.54, 1.807) is 19.2 Å². The number of H-pyrrole nitrogens is 1. The van der Waals surface area contributed by atoms with Gasteiger partial charge in [0, 0.05) is 23.5 Å². The first kappa shape index (κ1) is 15.5. The number of methoxy groups -OCH3 is 1. The van der Waals surface area contributed by atoms with Gasteiger partial charge in [-0.05, 0) is 24.6 Å². The summed E-state index contributed by atoms with van der Waals surface area (Å²) in [4.78, 5) is 14.3. The molecule has 0 aliphatic carbocycles. The monoisotopic (exact) mass is 290 g/mol. The first-order valence-electron chi connectivity index (χ1n) is 7.08. The Hall–Kier alpha value is -1.85. The fourth-order valence-corrected chi connectivity index (χ4v) is 2.56. The van der Waals surface area contributed by atoms with Gasteiger partial charge in [0.15, 0.2) is 0 Å². The van der Waals surface area contributed by atoms with Crippen LogP contribution >= 0.6 is 0 Å². The summed E-state index contributed by atoms with van der Waals surface area (Å²) in [7, 11) is 1.55. The van der Waals surface area contributed by atoms with Crippen molar-refractivity contribution in [2.24, 2.45) is 0 Å². The maximum Gasteiger partial charge on any atom is 0.248 e. The highest BCUT2D eigenvalue weighted by Crippen LogP contribution is 2.30. The van der Waals surface area contributed by atoms with Gasteiger partial charge in [-0.2, -0.15) is 0 Å². The van der Waals surface area contributed by atoms with E-state index in [1.807, 2.05) is 26.8 Å². The van der Waals surface area contributed by atoms with Crippen molar-refractivity contribution in [1.82, 2.24) is 10.3 Å². The molecule has 0 radical (unpaired) electrons. The number of pyridine rings is 1. The van der Waals surface area contributed by atoms with Crippen molar-refractivity contribution in [2.75, 3.05) is 7.11 Å². The maximum atomic E-state index is 11.5. The first-order chi connectivity index (χ1) is 9.93. The number of nitrogens with one attached hydrogen (secondary N) is 2. The number of benzene rings is 1. The number of rotatable bonds is 5. The number of ether oxygens (including phenoxy) is 1. The molecule has 2 rings (SSSR count). The van der Waals surface area contributed by atoms with Crippen LogP contribution in [0, 0.1) is 0 Å².